The van der Waals surface area contributed by atoms with E-state index in [1.165, 1.54) is 5.01 Å². The summed E-state index contributed by atoms with van der Waals surface area (Å²) < 4.78 is 5.23. The number of ether oxygens (including phenoxy) is 1. The molecule has 0 aromatic carbocycles. The molecular weight excluding hydrogens is 180 g/mol. The third kappa shape index (κ3) is 2.08. The molecule has 2 heterocycles. The molecule has 0 unspecified atom stereocenters. The van der Waals surface area contributed by atoms with Crippen molar-refractivity contribution in [2.24, 2.45) is 0 Å². The van der Waals surface area contributed by atoms with Crippen molar-refractivity contribution in [3.63, 3.8) is 0 Å². The Bertz CT molecular complexity index is 135. The maximum Gasteiger partial charge on any atom is 0.155 e. The Kier molecular flexibility index (Phi) is 3.74. The molecule has 2 fully saturated rings. The van der Waals surface area contributed by atoms with E-state index in [-0.39, 0.29) is 18.5 Å². The Morgan fingerprint density at radius 1 is 1.25 bits per heavy atom. The van der Waals surface area contributed by atoms with Crippen LogP contribution in [0.3, 0.4) is 0 Å². The average molecular weight is 195 g/mol. The third-order valence-electron chi connectivity index (χ3n) is 2.40. The van der Waals surface area contributed by atoms with Crippen LogP contribution < -0.4 is 17.4 Å². The molecule has 0 atom stereocenters. The fraction of sp³-hybridized carbons (Fsp3) is 1.00. The SMILES string of the molecule is OC1C[NH+](N2CCOCC2)C1.[Cl-]. The highest BCUT2D eigenvalue weighted by atomic mass is 35.5. The second-order valence-electron chi connectivity index (χ2n) is 3.23. The van der Waals surface area contributed by atoms with Crippen molar-refractivity contribution < 1.29 is 27.3 Å². The van der Waals surface area contributed by atoms with Gasteiger partial charge in [-0.15, -0.1) is 0 Å². The van der Waals surface area contributed by atoms with Crippen molar-refractivity contribution in [2.45, 2.75) is 6.10 Å². The van der Waals surface area contributed by atoms with Gasteiger partial charge in [-0.3, -0.25) is 0 Å². The number of morpholine rings is 1. The monoisotopic (exact) mass is 194 g/mol. The topological polar surface area (TPSA) is 37.1 Å². The van der Waals surface area contributed by atoms with E-state index in [2.05, 4.69) is 5.01 Å². The Balaban J connectivity index is 0.000000720. The van der Waals surface area contributed by atoms with Crippen molar-refractivity contribution in [1.82, 2.24) is 5.01 Å². The zero-order valence-corrected chi connectivity index (χ0v) is 7.76. The van der Waals surface area contributed by atoms with Gasteiger partial charge in [0.1, 0.15) is 13.1 Å². The van der Waals surface area contributed by atoms with Crippen LogP contribution in [0.5, 0.6) is 0 Å². The number of hydrogen-bond donors (Lipinski definition) is 2. The predicted octanol–water partition coefficient (Wildman–Crippen LogP) is -5.50. The van der Waals surface area contributed by atoms with Gasteiger partial charge >= 0.3 is 0 Å². The van der Waals surface area contributed by atoms with Crippen LogP contribution in [0.4, 0.5) is 0 Å². The summed E-state index contributed by atoms with van der Waals surface area (Å²) >= 11 is 0. The molecule has 0 amide bonds. The summed E-state index contributed by atoms with van der Waals surface area (Å²) in [5.41, 5.74) is 0. The summed E-state index contributed by atoms with van der Waals surface area (Å²) in [4.78, 5) is 0. The number of rotatable bonds is 1. The van der Waals surface area contributed by atoms with Crippen molar-refractivity contribution in [1.29, 1.82) is 0 Å². The van der Waals surface area contributed by atoms with Gasteiger partial charge in [0.15, 0.2) is 6.10 Å². The van der Waals surface area contributed by atoms with E-state index in [0.717, 1.165) is 39.4 Å². The first-order valence-corrected chi connectivity index (χ1v) is 4.22. The fourth-order valence-electron chi connectivity index (χ4n) is 1.62. The lowest BCUT2D eigenvalue weighted by molar-refractivity contribution is -1.06. The first-order valence-electron chi connectivity index (χ1n) is 4.22. The van der Waals surface area contributed by atoms with Crippen LogP contribution in [0.25, 0.3) is 0 Å². The first-order chi connectivity index (χ1) is 5.36. The molecule has 0 bridgehead atoms. The molecule has 0 spiro atoms. The number of nitrogens with one attached hydrogen (secondary N) is 1. The van der Waals surface area contributed by atoms with Crippen LogP contribution in [-0.2, 0) is 4.74 Å². The highest BCUT2D eigenvalue weighted by Crippen LogP contribution is 1.92. The molecular formula is C7H15ClN2O2. The van der Waals surface area contributed by atoms with E-state index >= 15 is 0 Å². The lowest BCUT2D eigenvalue weighted by Gasteiger charge is -2.40. The highest BCUT2D eigenvalue weighted by molar-refractivity contribution is 4.60. The fourth-order valence-corrected chi connectivity index (χ4v) is 1.62. The minimum Gasteiger partial charge on any atom is -1.00 e. The summed E-state index contributed by atoms with van der Waals surface area (Å²) in [5, 5.41) is 12.8. The molecule has 4 nitrogen and oxygen atoms in total. The van der Waals surface area contributed by atoms with Crippen molar-refractivity contribution in [3.8, 4) is 0 Å². The van der Waals surface area contributed by atoms with Gasteiger partial charge < -0.3 is 22.3 Å². The molecule has 0 saturated carbocycles. The summed E-state index contributed by atoms with van der Waals surface area (Å²) in [6, 6.07) is 0. The smallest absolute Gasteiger partial charge is 0.155 e. The second kappa shape index (κ2) is 4.39. The minimum atomic E-state index is -0.0622. The lowest BCUT2D eigenvalue weighted by atomic mass is 10.2. The Morgan fingerprint density at radius 2 is 1.83 bits per heavy atom. The summed E-state index contributed by atoms with van der Waals surface area (Å²) in [7, 11) is 0. The van der Waals surface area contributed by atoms with Crippen LogP contribution in [0.15, 0.2) is 0 Å². The Labute approximate surface area is 78.5 Å². The maximum atomic E-state index is 9.07. The van der Waals surface area contributed by atoms with Gasteiger partial charge in [0.25, 0.3) is 0 Å². The van der Waals surface area contributed by atoms with Gasteiger partial charge in [-0.2, -0.15) is 5.01 Å². The zero-order chi connectivity index (χ0) is 7.68. The molecule has 0 aliphatic carbocycles. The second-order valence-corrected chi connectivity index (χ2v) is 3.23. The van der Waals surface area contributed by atoms with Gasteiger partial charge in [-0.25, -0.2) is 5.01 Å². The minimum absolute atomic E-state index is 0. The molecule has 72 valence electrons. The van der Waals surface area contributed by atoms with Crippen LogP contribution in [-0.4, -0.2) is 55.6 Å². The average Bonchev–Trinajstić information content (AvgIpc) is 2.01. The summed E-state index contributed by atoms with van der Waals surface area (Å²) in [5.74, 6) is 0. The lowest BCUT2D eigenvalue weighted by Crippen LogP contribution is -3.26. The van der Waals surface area contributed by atoms with E-state index in [9.17, 15) is 0 Å². The largest absolute Gasteiger partial charge is 1.00 e. The molecule has 0 aromatic heterocycles. The normalized spacial score (nSPS) is 36.8. The predicted molar refractivity (Wildman–Crippen MR) is 39.1 cm³/mol. The van der Waals surface area contributed by atoms with Crippen molar-refractivity contribution in [2.75, 3.05) is 39.4 Å². The number of aliphatic hydroxyl groups excluding tert-OH is 1. The number of quaternary nitrogens is 1. The van der Waals surface area contributed by atoms with E-state index in [4.69, 9.17) is 9.84 Å². The van der Waals surface area contributed by atoms with Crippen LogP contribution >= 0.6 is 0 Å². The molecule has 2 saturated heterocycles. The third-order valence-corrected chi connectivity index (χ3v) is 2.40. The highest BCUT2D eigenvalue weighted by Gasteiger charge is 2.35. The number of halogens is 1. The van der Waals surface area contributed by atoms with Gasteiger partial charge in [0.2, 0.25) is 0 Å². The number of aliphatic hydroxyl groups is 1. The van der Waals surface area contributed by atoms with Crippen molar-refractivity contribution in [3.05, 3.63) is 0 Å². The molecule has 2 rings (SSSR count). The zero-order valence-electron chi connectivity index (χ0n) is 7.00. The molecule has 2 N–H and O–H groups in total. The van der Waals surface area contributed by atoms with Crippen molar-refractivity contribution >= 4 is 0 Å². The summed E-state index contributed by atoms with van der Waals surface area (Å²) in [6.07, 6.45) is -0.0622. The molecule has 12 heavy (non-hydrogen) atoms. The molecule has 5 heteroatoms. The molecule has 2 aliphatic rings. The van der Waals surface area contributed by atoms with Crippen LogP contribution in [0.2, 0.25) is 0 Å². The Morgan fingerprint density at radius 3 is 2.33 bits per heavy atom. The van der Waals surface area contributed by atoms with Gasteiger partial charge in [-0.05, 0) is 0 Å². The van der Waals surface area contributed by atoms with Gasteiger partial charge in [0, 0.05) is 0 Å². The van der Waals surface area contributed by atoms with Crippen LogP contribution in [0.1, 0.15) is 0 Å². The molecule has 2 aliphatic heterocycles. The maximum absolute atomic E-state index is 9.07. The molecule has 0 radical (unpaired) electrons. The molecule has 0 aromatic rings. The van der Waals surface area contributed by atoms with Crippen LogP contribution in [0, 0.1) is 0 Å². The quantitative estimate of drug-likeness (QED) is 0.438. The first kappa shape index (κ1) is 10.2. The standard InChI is InChI=1S/C7H14N2O2.ClH/c10-7-5-9(6-7)8-1-3-11-4-2-8;/h7,10H,1-6H2;1H. The van der Waals surface area contributed by atoms with E-state index in [1.807, 2.05) is 0 Å². The van der Waals surface area contributed by atoms with Gasteiger partial charge in [0.05, 0.1) is 26.3 Å². The van der Waals surface area contributed by atoms with E-state index < -0.39 is 0 Å². The van der Waals surface area contributed by atoms with Gasteiger partial charge in [-0.1, -0.05) is 0 Å². The number of hydrogen-bond acceptors (Lipinski definition) is 3. The van der Waals surface area contributed by atoms with E-state index in [0.29, 0.717) is 0 Å². The summed E-state index contributed by atoms with van der Waals surface area (Å²) in [6.45, 7) is 5.50. The van der Waals surface area contributed by atoms with E-state index in [1.54, 1.807) is 0 Å². The number of nitrogens with zero attached hydrogens (tertiary/aromatic N) is 1. The Hall–Kier alpha value is 0.130.